The summed E-state index contributed by atoms with van der Waals surface area (Å²) in [6, 6.07) is 4.59. The first-order chi connectivity index (χ1) is 6.70. The van der Waals surface area contributed by atoms with Gasteiger partial charge in [0, 0.05) is 12.2 Å². The molecule has 0 aliphatic carbocycles. The Labute approximate surface area is 86.5 Å². The van der Waals surface area contributed by atoms with Gasteiger partial charge in [0.2, 0.25) is 0 Å². The maximum atomic E-state index is 3.56. The van der Waals surface area contributed by atoms with Gasteiger partial charge in [0.15, 0.2) is 0 Å². The monoisotopic (exact) mass is 189 g/mol. The summed E-state index contributed by atoms with van der Waals surface area (Å²) in [5.41, 5.74) is 5.69. The predicted octanol–water partition coefficient (Wildman–Crippen LogP) is 3.30. The van der Waals surface area contributed by atoms with Crippen molar-refractivity contribution in [3.05, 3.63) is 28.8 Å². The molecule has 1 N–H and O–H groups in total. The Bertz CT molecular complexity index is 341. The van der Waals surface area contributed by atoms with Crippen LogP contribution in [-0.4, -0.2) is 6.54 Å². The Kier molecular flexibility index (Phi) is 2.49. The smallest absolute Gasteiger partial charge is 0.0402 e. The number of nitrogens with one attached hydrogen (secondary N) is 1. The van der Waals surface area contributed by atoms with Crippen LogP contribution in [0, 0.1) is 19.8 Å². The van der Waals surface area contributed by atoms with Crippen molar-refractivity contribution in [3.8, 4) is 0 Å². The summed E-state index contributed by atoms with van der Waals surface area (Å²) < 4.78 is 0. The molecular formula is C13H19N. The van der Waals surface area contributed by atoms with Gasteiger partial charge in [-0.3, -0.25) is 0 Å². The maximum Gasteiger partial charge on any atom is 0.0402 e. The van der Waals surface area contributed by atoms with Gasteiger partial charge >= 0.3 is 0 Å². The molecule has 0 fully saturated rings. The van der Waals surface area contributed by atoms with E-state index in [-0.39, 0.29) is 0 Å². The van der Waals surface area contributed by atoms with E-state index in [1.807, 2.05) is 0 Å². The largest absolute Gasteiger partial charge is 0.384 e. The van der Waals surface area contributed by atoms with Crippen molar-refractivity contribution in [3.63, 3.8) is 0 Å². The van der Waals surface area contributed by atoms with Crippen LogP contribution in [0.1, 0.15) is 30.0 Å². The van der Waals surface area contributed by atoms with Crippen molar-refractivity contribution < 1.29 is 0 Å². The van der Waals surface area contributed by atoms with E-state index in [1.165, 1.54) is 35.2 Å². The topological polar surface area (TPSA) is 12.0 Å². The van der Waals surface area contributed by atoms with Gasteiger partial charge in [-0.05, 0) is 37.3 Å². The average Bonchev–Trinajstić information content (AvgIpc) is 2.16. The highest BCUT2D eigenvalue weighted by molar-refractivity contribution is 5.60. The molecule has 1 heteroatoms. The normalized spacial score (nSPS) is 20.1. The molecule has 1 aliphatic heterocycles. The number of hydrogen-bond acceptors (Lipinski definition) is 1. The van der Waals surface area contributed by atoms with Gasteiger partial charge in [-0.15, -0.1) is 0 Å². The van der Waals surface area contributed by atoms with Crippen molar-refractivity contribution in [2.45, 2.75) is 33.6 Å². The van der Waals surface area contributed by atoms with Crippen LogP contribution < -0.4 is 5.32 Å². The second kappa shape index (κ2) is 3.64. The molecule has 0 aromatic heterocycles. The summed E-state index contributed by atoms with van der Waals surface area (Å²) in [5, 5.41) is 3.56. The van der Waals surface area contributed by atoms with Crippen molar-refractivity contribution in [1.82, 2.24) is 0 Å². The molecule has 1 nitrogen and oxygen atoms in total. The summed E-state index contributed by atoms with van der Waals surface area (Å²) in [6.07, 6.45) is 2.53. The summed E-state index contributed by atoms with van der Waals surface area (Å²) in [7, 11) is 0. The van der Waals surface area contributed by atoms with Crippen molar-refractivity contribution >= 4 is 5.69 Å². The van der Waals surface area contributed by atoms with E-state index in [4.69, 9.17) is 0 Å². The summed E-state index contributed by atoms with van der Waals surface area (Å²) >= 11 is 0. The fourth-order valence-corrected chi connectivity index (χ4v) is 2.39. The van der Waals surface area contributed by atoms with Crippen LogP contribution in [0.5, 0.6) is 0 Å². The molecule has 0 saturated heterocycles. The number of anilines is 1. The summed E-state index contributed by atoms with van der Waals surface area (Å²) in [5.74, 6) is 0.823. The number of rotatable bonds is 1. The zero-order valence-electron chi connectivity index (χ0n) is 9.35. The van der Waals surface area contributed by atoms with E-state index in [0.29, 0.717) is 0 Å². The van der Waals surface area contributed by atoms with E-state index < -0.39 is 0 Å². The minimum atomic E-state index is 0.823. The van der Waals surface area contributed by atoms with Crippen molar-refractivity contribution in [2.24, 2.45) is 5.92 Å². The first-order valence-electron chi connectivity index (χ1n) is 5.54. The highest BCUT2D eigenvalue weighted by atomic mass is 14.9. The SMILES string of the molecule is CCC1CNc2c(C)cc(C)cc2C1. The van der Waals surface area contributed by atoms with Gasteiger partial charge in [-0.1, -0.05) is 31.0 Å². The number of fused-ring (bicyclic) bond motifs is 1. The first kappa shape index (κ1) is 9.57. The van der Waals surface area contributed by atoms with E-state index in [0.717, 1.165) is 12.5 Å². The second-order valence-electron chi connectivity index (χ2n) is 4.48. The van der Waals surface area contributed by atoms with E-state index in [2.05, 4.69) is 38.2 Å². The molecule has 0 amide bonds. The van der Waals surface area contributed by atoms with Gasteiger partial charge in [0.25, 0.3) is 0 Å². The molecule has 1 unspecified atom stereocenters. The van der Waals surface area contributed by atoms with Gasteiger partial charge in [-0.2, -0.15) is 0 Å². The van der Waals surface area contributed by atoms with E-state index >= 15 is 0 Å². The van der Waals surface area contributed by atoms with Crippen LogP contribution in [0.25, 0.3) is 0 Å². The quantitative estimate of drug-likeness (QED) is 0.714. The third-order valence-electron chi connectivity index (χ3n) is 3.21. The van der Waals surface area contributed by atoms with Crippen LogP contribution in [-0.2, 0) is 6.42 Å². The molecule has 0 radical (unpaired) electrons. The molecule has 1 aromatic rings. The minimum absolute atomic E-state index is 0.823. The molecular weight excluding hydrogens is 170 g/mol. The molecule has 2 rings (SSSR count). The van der Waals surface area contributed by atoms with Crippen LogP contribution in [0.15, 0.2) is 12.1 Å². The summed E-state index contributed by atoms with van der Waals surface area (Å²) in [4.78, 5) is 0. The molecule has 1 atom stereocenters. The fraction of sp³-hybridized carbons (Fsp3) is 0.538. The standard InChI is InChI=1S/C13H19N/c1-4-11-7-12-6-9(2)5-10(3)13(12)14-8-11/h5-6,11,14H,4,7-8H2,1-3H3. The molecule has 0 saturated carbocycles. The highest BCUT2D eigenvalue weighted by Crippen LogP contribution is 2.30. The zero-order valence-corrected chi connectivity index (χ0v) is 9.35. The molecule has 1 aliphatic rings. The second-order valence-corrected chi connectivity index (χ2v) is 4.48. The third-order valence-corrected chi connectivity index (χ3v) is 3.21. The Morgan fingerprint density at radius 3 is 2.86 bits per heavy atom. The summed E-state index contributed by atoms with van der Waals surface area (Å²) in [6.45, 7) is 7.81. The van der Waals surface area contributed by atoms with Gasteiger partial charge in [0.1, 0.15) is 0 Å². The number of benzene rings is 1. The van der Waals surface area contributed by atoms with Crippen LogP contribution in [0.2, 0.25) is 0 Å². The lowest BCUT2D eigenvalue weighted by atomic mass is 9.89. The predicted molar refractivity (Wildman–Crippen MR) is 61.9 cm³/mol. The van der Waals surface area contributed by atoms with Crippen LogP contribution >= 0.6 is 0 Å². The Hall–Kier alpha value is -0.980. The molecule has 76 valence electrons. The van der Waals surface area contributed by atoms with Crippen molar-refractivity contribution in [1.29, 1.82) is 0 Å². The molecule has 0 spiro atoms. The number of hydrogen-bond donors (Lipinski definition) is 1. The molecule has 14 heavy (non-hydrogen) atoms. The molecule has 0 bridgehead atoms. The van der Waals surface area contributed by atoms with Crippen LogP contribution in [0.4, 0.5) is 5.69 Å². The lowest BCUT2D eigenvalue weighted by Crippen LogP contribution is -2.23. The van der Waals surface area contributed by atoms with E-state index in [9.17, 15) is 0 Å². The van der Waals surface area contributed by atoms with Crippen molar-refractivity contribution in [2.75, 3.05) is 11.9 Å². The minimum Gasteiger partial charge on any atom is -0.384 e. The van der Waals surface area contributed by atoms with Gasteiger partial charge in [0.05, 0.1) is 0 Å². The fourth-order valence-electron chi connectivity index (χ4n) is 2.39. The van der Waals surface area contributed by atoms with Gasteiger partial charge < -0.3 is 5.32 Å². The lowest BCUT2D eigenvalue weighted by Gasteiger charge is -2.27. The van der Waals surface area contributed by atoms with E-state index in [1.54, 1.807) is 0 Å². The maximum absolute atomic E-state index is 3.56. The Morgan fingerprint density at radius 2 is 2.14 bits per heavy atom. The van der Waals surface area contributed by atoms with Crippen LogP contribution in [0.3, 0.4) is 0 Å². The average molecular weight is 189 g/mol. The number of aryl methyl sites for hydroxylation is 2. The zero-order chi connectivity index (χ0) is 10.1. The highest BCUT2D eigenvalue weighted by Gasteiger charge is 2.17. The molecule has 1 heterocycles. The third kappa shape index (κ3) is 1.63. The Balaban J connectivity index is 2.37. The lowest BCUT2D eigenvalue weighted by molar-refractivity contribution is 0.520. The first-order valence-corrected chi connectivity index (χ1v) is 5.54. The molecule has 1 aromatic carbocycles. The van der Waals surface area contributed by atoms with Gasteiger partial charge in [-0.25, -0.2) is 0 Å². The Morgan fingerprint density at radius 1 is 1.36 bits per heavy atom.